The number of nitrogens with zero attached hydrogens (tertiary/aromatic N) is 4. The van der Waals surface area contributed by atoms with Crippen LogP contribution in [-0.4, -0.2) is 50.8 Å². The number of ether oxygens (including phenoxy) is 1. The molecule has 0 spiro atoms. The molecule has 11 heteroatoms. The Morgan fingerprint density at radius 2 is 1.40 bits per heavy atom. The Morgan fingerprint density at radius 1 is 0.744 bits per heavy atom. The number of aromatic nitrogens is 4. The first-order valence-electron chi connectivity index (χ1n) is 13.4. The van der Waals surface area contributed by atoms with Gasteiger partial charge in [0.2, 0.25) is 0 Å². The van der Waals surface area contributed by atoms with E-state index >= 15 is 0 Å². The number of fused-ring (bicyclic) bond motifs is 2. The lowest BCUT2D eigenvalue weighted by atomic mass is 9.96. The van der Waals surface area contributed by atoms with E-state index in [1.165, 1.54) is 24.5 Å². The largest absolute Gasteiger partial charge is 0.356 e. The SMILES string of the molecule is O=C1C(c2c[nH]c3ncccc23)=C(c2cn(S(=O)(=O)c3ccccc3)c3ncccc23)C(=O)N1COCc1ccccc1. The van der Waals surface area contributed by atoms with Gasteiger partial charge in [0.1, 0.15) is 12.4 Å². The summed E-state index contributed by atoms with van der Waals surface area (Å²) in [7, 11) is -4.09. The van der Waals surface area contributed by atoms with E-state index in [0.29, 0.717) is 22.0 Å². The Morgan fingerprint density at radius 3 is 2.14 bits per heavy atom. The number of hydrogen-bond acceptors (Lipinski definition) is 7. The van der Waals surface area contributed by atoms with Crippen LogP contribution in [0.25, 0.3) is 33.2 Å². The molecule has 0 aliphatic carbocycles. The summed E-state index contributed by atoms with van der Waals surface area (Å²) in [5.41, 5.74) is 2.47. The molecule has 0 radical (unpaired) electrons. The lowest BCUT2D eigenvalue weighted by Gasteiger charge is -2.15. The minimum Gasteiger partial charge on any atom is -0.356 e. The second-order valence-corrected chi connectivity index (χ2v) is 11.7. The summed E-state index contributed by atoms with van der Waals surface area (Å²) >= 11 is 0. The molecule has 7 rings (SSSR count). The van der Waals surface area contributed by atoms with E-state index in [1.807, 2.05) is 30.3 Å². The lowest BCUT2D eigenvalue weighted by Crippen LogP contribution is -2.33. The van der Waals surface area contributed by atoms with Crippen LogP contribution in [0.1, 0.15) is 16.7 Å². The van der Waals surface area contributed by atoms with E-state index in [0.717, 1.165) is 14.4 Å². The zero-order valence-corrected chi connectivity index (χ0v) is 23.4. The third-order valence-electron chi connectivity index (χ3n) is 7.32. The first-order chi connectivity index (χ1) is 20.9. The van der Waals surface area contributed by atoms with Crippen LogP contribution in [0, 0.1) is 0 Å². The van der Waals surface area contributed by atoms with Crippen molar-refractivity contribution in [3.63, 3.8) is 0 Å². The van der Waals surface area contributed by atoms with Crippen molar-refractivity contribution < 1.29 is 22.7 Å². The molecule has 4 aromatic heterocycles. The number of pyridine rings is 2. The number of benzene rings is 2. The predicted molar refractivity (Wildman–Crippen MR) is 160 cm³/mol. The summed E-state index contributed by atoms with van der Waals surface area (Å²) in [5, 5.41) is 1.04. The van der Waals surface area contributed by atoms with Crippen LogP contribution in [0.3, 0.4) is 0 Å². The molecule has 10 nitrogen and oxygen atoms in total. The third kappa shape index (κ3) is 4.42. The van der Waals surface area contributed by atoms with E-state index in [-0.39, 0.29) is 40.6 Å². The molecule has 2 aromatic carbocycles. The normalized spacial score (nSPS) is 14.0. The van der Waals surface area contributed by atoms with Crippen molar-refractivity contribution in [1.29, 1.82) is 0 Å². The van der Waals surface area contributed by atoms with Gasteiger partial charge in [0, 0.05) is 46.7 Å². The van der Waals surface area contributed by atoms with Crippen LogP contribution in [0.2, 0.25) is 0 Å². The topological polar surface area (TPSA) is 127 Å². The molecule has 212 valence electrons. The van der Waals surface area contributed by atoms with Gasteiger partial charge in [-0.15, -0.1) is 0 Å². The van der Waals surface area contributed by atoms with Gasteiger partial charge in [-0.3, -0.25) is 9.59 Å². The second kappa shape index (κ2) is 10.5. The highest BCUT2D eigenvalue weighted by Crippen LogP contribution is 2.41. The number of amides is 2. The first kappa shape index (κ1) is 26.5. The van der Waals surface area contributed by atoms with Crippen LogP contribution in [0.4, 0.5) is 0 Å². The number of imide groups is 1. The van der Waals surface area contributed by atoms with E-state index < -0.39 is 21.8 Å². The molecule has 1 aliphatic heterocycles. The summed E-state index contributed by atoms with van der Waals surface area (Å²) in [6.07, 6.45) is 6.10. The Kier molecular flexibility index (Phi) is 6.45. The van der Waals surface area contributed by atoms with E-state index in [9.17, 15) is 18.0 Å². The summed E-state index contributed by atoms with van der Waals surface area (Å²) in [6.45, 7) is -0.0997. The third-order valence-corrected chi connectivity index (χ3v) is 8.99. The monoisotopic (exact) mass is 589 g/mol. The molecule has 6 aromatic rings. The molecule has 5 heterocycles. The van der Waals surface area contributed by atoms with Gasteiger partial charge in [0.05, 0.1) is 22.6 Å². The Balaban J connectivity index is 1.40. The molecule has 0 unspecified atom stereocenters. The molecule has 0 atom stereocenters. The van der Waals surface area contributed by atoms with Crippen LogP contribution < -0.4 is 0 Å². The maximum atomic E-state index is 14.1. The molecule has 0 fully saturated rings. The second-order valence-electron chi connectivity index (χ2n) is 9.88. The Labute approximate surface area is 245 Å². The van der Waals surface area contributed by atoms with E-state index in [4.69, 9.17) is 4.74 Å². The zero-order valence-electron chi connectivity index (χ0n) is 22.5. The van der Waals surface area contributed by atoms with Crippen molar-refractivity contribution in [3.05, 3.63) is 126 Å². The minimum absolute atomic E-state index is 0.0538. The number of carbonyl (C=O) groups is 2. The quantitative estimate of drug-likeness (QED) is 0.257. The van der Waals surface area contributed by atoms with Crippen molar-refractivity contribution in [2.24, 2.45) is 0 Å². The number of hydrogen-bond donors (Lipinski definition) is 1. The molecule has 0 saturated carbocycles. The number of carbonyl (C=O) groups excluding carboxylic acids is 2. The van der Waals surface area contributed by atoms with Crippen molar-refractivity contribution in [1.82, 2.24) is 23.8 Å². The van der Waals surface area contributed by atoms with Gasteiger partial charge in [0.25, 0.3) is 21.8 Å². The highest BCUT2D eigenvalue weighted by Gasteiger charge is 2.42. The lowest BCUT2D eigenvalue weighted by molar-refractivity contribution is -0.142. The molecule has 2 amide bonds. The fourth-order valence-corrected chi connectivity index (χ4v) is 6.65. The summed E-state index contributed by atoms with van der Waals surface area (Å²) in [4.78, 5) is 41.0. The van der Waals surface area contributed by atoms with Crippen molar-refractivity contribution in [3.8, 4) is 0 Å². The number of rotatable bonds is 8. The number of aromatic amines is 1. The Hall–Kier alpha value is -5.39. The summed E-state index contributed by atoms with van der Waals surface area (Å²) in [5.74, 6) is -1.17. The summed E-state index contributed by atoms with van der Waals surface area (Å²) < 4.78 is 34.4. The highest BCUT2D eigenvalue weighted by atomic mass is 32.2. The van der Waals surface area contributed by atoms with Gasteiger partial charge < -0.3 is 9.72 Å². The van der Waals surface area contributed by atoms with Crippen molar-refractivity contribution in [2.75, 3.05) is 6.73 Å². The van der Waals surface area contributed by atoms with Crippen LogP contribution in [0.5, 0.6) is 0 Å². The fraction of sp³-hybridized carbons (Fsp3) is 0.0625. The van der Waals surface area contributed by atoms with Gasteiger partial charge in [0.15, 0.2) is 5.65 Å². The molecule has 43 heavy (non-hydrogen) atoms. The van der Waals surface area contributed by atoms with Gasteiger partial charge >= 0.3 is 0 Å². The number of nitrogens with one attached hydrogen (secondary N) is 1. The standard InChI is InChI=1S/C32H23N5O5S/c38-31-27(25-17-35-29-23(25)13-7-15-33-29)28(32(39)36(31)20-42-19-21-9-3-1-4-10-21)26-18-37(30-24(26)14-8-16-34-30)43(40,41)22-11-5-2-6-12-22/h1-18H,19-20H2,(H,33,35). The summed E-state index contributed by atoms with van der Waals surface area (Å²) in [6, 6.07) is 24.3. The average molecular weight is 590 g/mol. The minimum atomic E-state index is -4.09. The fourth-order valence-electron chi connectivity index (χ4n) is 5.30. The predicted octanol–water partition coefficient (Wildman–Crippen LogP) is 4.60. The maximum Gasteiger partial charge on any atom is 0.269 e. The smallest absolute Gasteiger partial charge is 0.269 e. The molecule has 0 saturated heterocycles. The van der Waals surface area contributed by atoms with Crippen molar-refractivity contribution in [2.45, 2.75) is 11.5 Å². The average Bonchev–Trinajstić information content (AvgIpc) is 3.71. The van der Waals surface area contributed by atoms with Gasteiger partial charge in [-0.05, 0) is 42.0 Å². The number of H-pyrrole nitrogens is 1. The molecular formula is C32H23N5O5S. The molecule has 0 bridgehead atoms. The Bertz CT molecular complexity index is 2170. The molecule has 1 aliphatic rings. The molecular weight excluding hydrogens is 566 g/mol. The van der Waals surface area contributed by atoms with Crippen LogP contribution in [0.15, 0.2) is 115 Å². The van der Waals surface area contributed by atoms with Crippen LogP contribution in [-0.2, 0) is 31.0 Å². The molecule has 1 N–H and O–H groups in total. The van der Waals surface area contributed by atoms with Gasteiger partial charge in [-0.1, -0.05) is 48.5 Å². The van der Waals surface area contributed by atoms with E-state index in [1.54, 1.807) is 54.9 Å². The zero-order chi connectivity index (χ0) is 29.6. The van der Waals surface area contributed by atoms with Gasteiger partial charge in [-0.25, -0.2) is 27.3 Å². The van der Waals surface area contributed by atoms with Gasteiger partial charge in [-0.2, -0.15) is 0 Å². The highest BCUT2D eigenvalue weighted by molar-refractivity contribution is 7.90. The maximum absolute atomic E-state index is 14.1. The first-order valence-corrected chi connectivity index (χ1v) is 14.8. The van der Waals surface area contributed by atoms with Crippen molar-refractivity contribution >= 4 is 55.1 Å². The van der Waals surface area contributed by atoms with Crippen LogP contribution >= 0.6 is 0 Å². The van der Waals surface area contributed by atoms with E-state index in [2.05, 4.69) is 15.0 Å².